The van der Waals surface area contributed by atoms with E-state index in [0.717, 1.165) is 5.76 Å². The molecule has 0 saturated carbocycles. The molecule has 7 heteroatoms. The number of hydrogen-bond acceptors (Lipinski definition) is 6. The number of nitrogens with one attached hydrogen (secondary N) is 1. The molecular weight excluding hydrogens is 220 g/mol. The van der Waals surface area contributed by atoms with E-state index in [4.69, 9.17) is 10.3 Å². The fraction of sp³-hybridized carbons (Fsp3) is 0.100. The van der Waals surface area contributed by atoms with Crippen LogP contribution in [0.2, 0.25) is 0 Å². The Kier molecular flexibility index (Phi) is 2.14. The lowest BCUT2D eigenvalue weighted by atomic mass is 10.4. The number of fused-ring (bicyclic) bond motifs is 1. The van der Waals surface area contributed by atoms with Crippen LogP contribution in [0.4, 0.5) is 5.82 Å². The van der Waals surface area contributed by atoms with Gasteiger partial charge in [-0.3, -0.25) is 0 Å². The molecule has 0 unspecified atom stereocenters. The van der Waals surface area contributed by atoms with Crippen molar-refractivity contribution >= 4 is 17.0 Å². The summed E-state index contributed by atoms with van der Waals surface area (Å²) in [6.45, 7) is 0.532. The number of nitrogens with two attached hydrogens (primary N) is 1. The molecule has 0 amide bonds. The van der Waals surface area contributed by atoms with E-state index in [9.17, 15) is 0 Å². The van der Waals surface area contributed by atoms with Crippen LogP contribution in [-0.4, -0.2) is 19.6 Å². The molecule has 0 radical (unpaired) electrons. The first-order valence-electron chi connectivity index (χ1n) is 5.04. The van der Waals surface area contributed by atoms with Gasteiger partial charge in [0.1, 0.15) is 18.4 Å². The van der Waals surface area contributed by atoms with E-state index >= 15 is 0 Å². The Bertz CT molecular complexity index is 629. The number of furan rings is 1. The van der Waals surface area contributed by atoms with Gasteiger partial charge in [0.2, 0.25) is 0 Å². The molecule has 86 valence electrons. The van der Waals surface area contributed by atoms with E-state index < -0.39 is 0 Å². The molecule has 0 aliphatic heterocycles. The quantitative estimate of drug-likeness (QED) is 0.644. The number of nitrogen functional groups attached to an aromatic ring is 1. The molecule has 0 aliphatic carbocycles. The van der Waals surface area contributed by atoms with Crippen molar-refractivity contribution in [3.8, 4) is 0 Å². The van der Waals surface area contributed by atoms with Gasteiger partial charge in [0.25, 0.3) is 0 Å². The smallest absolute Gasteiger partial charge is 0.184 e. The zero-order chi connectivity index (χ0) is 11.7. The summed E-state index contributed by atoms with van der Waals surface area (Å²) in [5, 5.41) is 3.13. The largest absolute Gasteiger partial charge is 0.467 e. The van der Waals surface area contributed by atoms with Crippen molar-refractivity contribution in [2.75, 3.05) is 11.2 Å². The third kappa shape index (κ3) is 1.67. The van der Waals surface area contributed by atoms with Gasteiger partial charge in [0, 0.05) is 0 Å². The molecule has 3 aromatic rings. The Morgan fingerprint density at radius 3 is 3.12 bits per heavy atom. The number of imidazole rings is 1. The fourth-order valence-corrected chi connectivity index (χ4v) is 1.59. The van der Waals surface area contributed by atoms with Crippen molar-refractivity contribution in [1.82, 2.24) is 19.6 Å². The van der Waals surface area contributed by atoms with Gasteiger partial charge in [0.15, 0.2) is 17.0 Å². The highest BCUT2D eigenvalue weighted by molar-refractivity contribution is 5.82. The van der Waals surface area contributed by atoms with Crippen LogP contribution in [0.5, 0.6) is 0 Å². The molecular formula is C10H10N6O. The highest BCUT2D eigenvalue weighted by Crippen LogP contribution is 2.16. The molecule has 0 saturated heterocycles. The van der Waals surface area contributed by atoms with E-state index in [1.807, 2.05) is 12.1 Å². The van der Waals surface area contributed by atoms with Crippen molar-refractivity contribution in [3.63, 3.8) is 0 Å². The van der Waals surface area contributed by atoms with Crippen LogP contribution in [0.15, 0.2) is 35.5 Å². The summed E-state index contributed by atoms with van der Waals surface area (Å²) in [4.78, 5) is 12.2. The lowest BCUT2D eigenvalue weighted by Crippen LogP contribution is -2.09. The van der Waals surface area contributed by atoms with Crippen molar-refractivity contribution in [3.05, 3.63) is 36.8 Å². The Labute approximate surface area is 96.3 Å². The van der Waals surface area contributed by atoms with Gasteiger partial charge in [-0.05, 0) is 12.1 Å². The molecule has 3 N–H and O–H groups in total. The average molecular weight is 230 g/mol. The number of aromatic nitrogens is 4. The van der Waals surface area contributed by atoms with Gasteiger partial charge in [-0.25, -0.2) is 19.6 Å². The van der Waals surface area contributed by atoms with Gasteiger partial charge < -0.3 is 15.6 Å². The zero-order valence-electron chi connectivity index (χ0n) is 8.87. The predicted octanol–water partition coefficient (Wildman–Crippen LogP) is 0.745. The number of rotatable bonds is 3. The van der Waals surface area contributed by atoms with Crippen LogP contribution in [0.25, 0.3) is 11.2 Å². The molecule has 0 spiro atoms. The summed E-state index contributed by atoms with van der Waals surface area (Å²) in [6.07, 6.45) is 4.57. The minimum atomic E-state index is 0.532. The minimum absolute atomic E-state index is 0.532. The van der Waals surface area contributed by atoms with Crippen LogP contribution in [-0.2, 0) is 6.54 Å². The Morgan fingerprint density at radius 1 is 1.35 bits per heavy atom. The second kappa shape index (κ2) is 3.78. The normalized spacial score (nSPS) is 10.8. The number of nitrogens with zero attached hydrogens (tertiary/aromatic N) is 4. The van der Waals surface area contributed by atoms with Gasteiger partial charge >= 0.3 is 0 Å². The molecule has 3 heterocycles. The van der Waals surface area contributed by atoms with Crippen LogP contribution in [0.1, 0.15) is 5.76 Å². The Hall–Kier alpha value is -2.57. The van der Waals surface area contributed by atoms with Crippen molar-refractivity contribution in [2.24, 2.45) is 0 Å². The Balaban J connectivity index is 1.92. The average Bonchev–Trinajstić information content (AvgIpc) is 2.97. The van der Waals surface area contributed by atoms with Gasteiger partial charge in [-0.2, -0.15) is 0 Å². The molecule has 3 rings (SSSR count). The summed E-state index contributed by atoms with van der Waals surface area (Å²) in [5.41, 5.74) is 1.23. The first kappa shape index (κ1) is 9.64. The molecule has 0 aromatic carbocycles. The molecule has 17 heavy (non-hydrogen) atoms. The molecule has 0 aliphatic rings. The third-order valence-electron chi connectivity index (χ3n) is 2.38. The Morgan fingerprint density at radius 2 is 2.29 bits per heavy atom. The fourth-order valence-electron chi connectivity index (χ4n) is 1.59. The summed E-state index contributed by atoms with van der Waals surface area (Å²) < 4.78 is 6.61. The summed E-state index contributed by atoms with van der Waals surface area (Å²) in [5.74, 6) is 7.19. The van der Waals surface area contributed by atoms with E-state index in [1.54, 1.807) is 6.26 Å². The van der Waals surface area contributed by atoms with Crippen LogP contribution in [0, 0.1) is 0 Å². The minimum Gasteiger partial charge on any atom is -0.467 e. The van der Waals surface area contributed by atoms with Gasteiger partial charge in [-0.15, -0.1) is 0 Å². The SMILES string of the molecule is Nn1cnc2ncnc(NCc3ccco3)c21. The van der Waals surface area contributed by atoms with Crippen molar-refractivity contribution in [1.29, 1.82) is 0 Å². The van der Waals surface area contributed by atoms with Crippen molar-refractivity contribution < 1.29 is 4.42 Å². The highest BCUT2D eigenvalue weighted by atomic mass is 16.3. The maximum Gasteiger partial charge on any atom is 0.184 e. The maximum absolute atomic E-state index is 5.74. The lowest BCUT2D eigenvalue weighted by Gasteiger charge is -2.05. The van der Waals surface area contributed by atoms with E-state index in [2.05, 4.69) is 20.3 Å². The predicted molar refractivity (Wildman–Crippen MR) is 61.5 cm³/mol. The third-order valence-corrected chi connectivity index (χ3v) is 2.38. The topological polar surface area (TPSA) is 94.8 Å². The maximum atomic E-state index is 5.74. The van der Waals surface area contributed by atoms with E-state index in [1.165, 1.54) is 17.3 Å². The standard InChI is InChI=1S/C10H10N6O/c11-16-6-15-10-8(16)9(13-5-14-10)12-4-7-2-1-3-17-7/h1-3,5-6H,4,11H2,(H,12,13,14). The first-order chi connectivity index (χ1) is 8.34. The van der Waals surface area contributed by atoms with E-state index in [-0.39, 0.29) is 0 Å². The van der Waals surface area contributed by atoms with Gasteiger partial charge in [-0.1, -0.05) is 0 Å². The first-order valence-corrected chi connectivity index (χ1v) is 5.04. The number of hydrogen-bond donors (Lipinski definition) is 2. The molecule has 7 nitrogen and oxygen atoms in total. The second-order valence-corrected chi connectivity index (χ2v) is 3.48. The van der Waals surface area contributed by atoms with Gasteiger partial charge in [0.05, 0.1) is 12.8 Å². The van der Waals surface area contributed by atoms with Crippen molar-refractivity contribution in [2.45, 2.75) is 6.54 Å². The van der Waals surface area contributed by atoms with E-state index in [0.29, 0.717) is 23.5 Å². The summed E-state index contributed by atoms with van der Waals surface area (Å²) in [6, 6.07) is 3.71. The molecule has 3 aromatic heterocycles. The molecule has 0 bridgehead atoms. The molecule has 0 fully saturated rings. The number of anilines is 1. The summed E-state index contributed by atoms with van der Waals surface area (Å²) in [7, 11) is 0. The zero-order valence-corrected chi connectivity index (χ0v) is 8.87. The lowest BCUT2D eigenvalue weighted by molar-refractivity contribution is 0.518. The summed E-state index contributed by atoms with van der Waals surface area (Å²) >= 11 is 0. The molecule has 0 atom stereocenters. The van der Waals surface area contributed by atoms with Crippen LogP contribution in [0.3, 0.4) is 0 Å². The van der Waals surface area contributed by atoms with Crippen LogP contribution < -0.4 is 11.2 Å². The second-order valence-electron chi connectivity index (χ2n) is 3.48. The van der Waals surface area contributed by atoms with Crippen LogP contribution >= 0.6 is 0 Å². The highest BCUT2D eigenvalue weighted by Gasteiger charge is 2.08. The monoisotopic (exact) mass is 230 g/mol.